The van der Waals surface area contributed by atoms with Crippen LogP contribution >= 0.6 is 0 Å². The zero-order valence-electron chi connectivity index (χ0n) is 32.9. The first-order valence-electron chi connectivity index (χ1n) is 20.2. The molecule has 9 rings (SSSR count). The van der Waals surface area contributed by atoms with Crippen LogP contribution in [0.2, 0.25) is 0 Å². The molecule has 5 heterocycles. The standard InChI is InChI=1S/C22H30F2N4O2.C17H21F2N3O4S/c1-13-6-3-4-9-28(13)21-25-19-14(7-5-8-22(19,23)24)20(26-21)27-11-16-15(17(16)12-27)10-18(29)30-2;1-26-13(23)6-10-11-7-22(8-12(10)11)15-9-4-3-5-17(18,19)14(9)20-16(21-15)27(2,24)25/h13,15-17H,3-12H2,1-2H3;10-12H,3-8H2,1-2H3/t13-,15?,16-,17+;10?,11-,12+/m1./s1. The van der Waals surface area contributed by atoms with Gasteiger partial charge in [0.25, 0.3) is 11.8 Å². The second-order valence-corrected chi connectivity index (χ2v) is 19.0. The Morgan fingerprint density at radius 1 is 0.719 bits per heavy atom. The summed E-state index contributed by atoms with van der Waals surface area (Å²) in [6.07, 6.45) is 6.26. The Balaban J connectivity index is 0.000000161. The molecule has 0 spiro atoms. The normalized spacial score (nSPS) is 30.2. The van der Waals surface area contributed by atoms with Crippen LogP contribution in [0.5, 0.6) is 0 Å². The van der Waals surface area contributed by atoms with Crippen molar-refractivity contribution >= 4 is 39.4 Å². The van der Waals surface area contributed by atoms with Crippen molar-refractivity contribution in [3.05, 3.63) is 22.5 Å². The van der Waals surface area contributed by atoms with Gasteiger partial charge in [-0.15, -0.1) is 0 Å². The van der Waals surface area contributed by atoms with Crippen molar-refractivity contribution in [2.75, 3.05) is 67.9 Å². The van der Waals surface area contributed by atoms with Gasteiger partial charge in [-0.25, -0.2) is 23.4 Å². The molecule has 13 nitrogen and oxygen atoms in total. The van der Waals surface area contributed by atoms with E-state index in [0.29, 0.717) is 98.1 Å². The first-order chi connectivity index (χ1) is 27.0. The number of methoxy groups -OCH3 is 2. The second kappa shape index (κ2) is 14.8. The number of carbonyl (C=O) groups is 2. The fourth-order valence-electron chi connectivity index (χ4n) is 10.2. The molecule has 0 radical (unpaired) electrons. The second-order valence-electron chi connectivity index (χ2n) is 17.1. The highest BCUT2D eigenvalue weighted by Crippen LogP contribution is 2.56. The number of halogens is 4. The first-order valence-corrected chi connectivity index (χ1v) is 22.1. The number of nitrogens with zero attached hydrogens (tertiary/aromatic N) is 7. The molecule has 0 bridgehead atoms. The molecule has 4 aliphatic carbocycles. The third kappa shape index (κ3) is 7.63. The van der Waals surface area contributed by atoms with Crippen LogP contribution in [0.15, 0.2) is 5.16 Å². The Morgan fingerprint density at radius 3 is 1.65 bits per heavy atom. The third-order valence-electron chi connectivity index (χ3n) is 13.5. The average Bonchev–Trinajstić information content (AvgIpc) is 3.78. The number of piperidine rings is 3. The summed E-state index contributed by atoms with van der Waals surface area (Å²) in [6, 6.07) is 0.262. The molecule has 0 amide bonds. The van der Waals surface area contributed by atoms with E-state index in [0.717, 1.165) is 45.2 Å². The minimum atomic E-state index is -3.81. The van der Waals surface area contributed by atoms with Crippen molar-refractivity contribution in [3.63, 3.8) is 0 Å². The highest BCUT2D eigenvalue weighted by Gasteiger charge is 2.58. The summed E-state index contributed by atoms with van der Waals surface area (Å²) in [4.78, 5) is 46.4. The Labute approximate surface area is 330 Å². The van der Waals surface area contributed by atoms with E-state index in [2.05, 4.69) is 31.7 Å². The quantitative estimate of drug-likeness (QED) is 0.198. The molecule has 3 saturated heterocycles. The summed E-state index contributed by atoms with van der Waals surface area (Å²) >= 11 is 0. The van der Waals surface area contributed by atoms with Crippen LogP contribution < -0.4 is 14.7 Å². The molecule has 312 valence electrons. The first kappa shape index (κ1) is 40.0. The van der Waals surface area contributed by atoms with Crippen LogP contribution in [-0.2, 0) is 53.6 Å². The summed E-state index contributed by atoms with van der Waals surface area (Å²) in [7, 11) is -1.04. The van der Waals surface area contributed by atoms with Gasteiger partial charge in [-0.3, -0.25) is 9.59 Å². The largest absolute Gasteiger partial charge is 0.469 e. The van der Waals surface area contributed by atoms with Crippen molar-refractivity contribution in [2.45, 2.75) is 101 Å². The number of anilines is 3. The monoisotopic (exact) mass is 821 g/mol. The molecule has 7 aliphatic rings. The number of aromatic nitrogens is 4. The van der Waals surface area contributed by atoms with Gasteiger partial charge in [0, 0.05) is 81.8 Å². The Morgan fingerprint density at radius 2 is 1.19 bits per heavy atom. The highest BCUT2D eigenvalue weighted by molar-refractivity contribution is 7.90. The fourth-order valence-corrected chi connectivity index (χ4v) is 10.7. The zero-order valence-corrected chi connectivity index (χ0v) is 33.7. The van der Waals surface area contributed by atoms with Gasteiger partial charge in [-0.2, -0.15) is 22.5 Å². The molecule has 0 aromatic carbocycles. The van der Waals surface area contributed by atoms with Gasteiger partial charge in [0.2, 0.25) is 20.9 Å². The van der Waals surface area contributed by atoms with Crippen molar-refractivity contribution in [1.29, 1.82) is 0 Å². The fraction of sp³-hybridized carbons (Fsp3) is 0.744. The summed E-state index contributed by atoms with van der Waals surface area (Å²) in [6.45, 7) is 5.64. The van der Waals surface area contributed by atoms with Crippen molar-refractivity contribution in [2.24, 2.45) is 35.5 Å². The van der Waals surface area contributed by atoms with Crippen LogP contribution in [0.3, 0.4) is 0 Å². The Hall–Kier alpha value is -3.83. The lowest BCUT2D eigenvalue weighted by atomic mass is 9.92. The summed E-state index contributed by atoms with van der Waals surface area (Å²) < 4.78 is 91.9. The topological polar surface area (TPSA) is 148 Å². The number of sulfone groups is 1. The molecule has 0 N–H and O–H groups in total. The summed E-state index contributed by atoms with van der Waals surface area (Å²) in [5, 5.41) is -0.551. The smallest absolute Gasteiger partial charge is 0.305 e. The highest BCUT2D eigenvalue weighted by atomic mass is 32.2. The average molecular weight is 822 g/mol. The molecule has 3 aliphatic heterocycles. The number of fused-ring (bicyclic) bond motifs is 4. The summed E-state index contributed by atoms with van der Waals surface area (Å²) in [5.41, 5.74) is 0.471. The van der Waals surface area contributed by atoms with Gasteiger partial charge in [0.1, 0.15) is 23.0 Å². The summed E-state index contributed by atoms with van der Waals surface area (Å²) in [5.74, 6) is -2.98. The number of rotatable bonds is 8. The third-order valence-corrected chi connectivity index (χ3v) is 14.3. The van der Waals surface area contributed by atoms with Gasteiger partial charge >= 0.3 is 11.9 Å². The van der Waals surface area contributed by atoms with Crippen LogP contribution in [-0.4, -0.2) is 99.5 Å². The SMILES string of the molecule is COC(=O)CC1[C@H]2CN(c3nc(N4CCCC[C@H]4C)nc4c3CCCC4(F)F)C[C@@H]12.COC(=O)CC1[C@H]2CN(c3nc(S(C)(=O)=O)nc4c3CCCC4(F)F)C[C@@H]12. The maximum atomic E-state index is 14.9. The van der Waals surface area contributed by atoms with E-state index in [9.17, 15) is 35.6 Å². The number of esters is 2. The zero-order chi connectivity index (χ0) is 40.6. The maximum absolute atomic E-state index is 14.9. The number of hydrogen-bond donors (Lipinski definition) is 0. The Bertz CT molecular complexity index is 2020. The minimum Gasteiger partial charge on any atom is -0.469 e. The van der Waals surface area contributed by atoms with Crippen molar-refractivity contribution in [3.8, 4) is 0 Å². The van der Waals surface area contributed by atoms with Gasteiger partial charge in [0.05, 0.1) is 14.2 Å². The van der Waals surface area contributed by atoms with Crippen molar-refractivity contribution in [1.82, 2.24) is 19.9 Å². The molecule has 2 saturated carbocycles. The number of alkyl halides is 4. The lowest BCUT2D eigenvalue weighted by molar-refractivity contribution is -0.142. The van der Waals surface area contributed by atoms with E-state index in [-0.39, 0.29) is 54.3 Å². The van der Waals surface area contributed by atoms with E-state index in [4.69, 9.17) is 14.5 Å². The van der Waals surface area contributed by atoms with E-state index in [1.807, 2.05) is 4.90 Å². The van der Waals surface area contributed by atoms with E-state index >= 15 is 0 Å². The molecular weight excluding hydrogens is 771 g/mol. The van der Waals surface area contributed by atoms with Gasteiger partial charge in [0.15, 0.2) is 0 Å². The van der Waals surface area contributed by atoms with E-state index in [1.165, 1.54) is 14.2 Å². The minimum absolute atomic E-state index is 0.0572. The predicted octanol–water partition coefficient (Wildman–Crippen LogP) is 5.08. The van der Waals surface area contributed by atoms with E-state index in [1.54, 1.807) is 0 Å². The molecule has 5 fully saturated rings. The Kier molecular flexibility index (Phi) is 10.4. The maximum Gasteiger partial charge on any atom is 0.305 e. The molecule has 7 atom stereocenters. The molecule has 2 unspecified atom stereocenters. The molecule has 2 aromatic heterocycles. The van der Waals surface area contributed by atoms with Crippen LogP contribution in [0, 0.1) is 35.5 Å². The van der Waals surface area contributed by atoms with Gasteiger partial charge in [-0.1, -0.05) is 0 Å². The molecule has 18 heteroatoms. The number of hydrogen-bond acceptors (Lipinski definition) is 13. The molecule has 57 heavy (non-hydrogen) atoms. The van der Waals surface area contributed by atoms with Gasteiger partial charge < -0.3 is 24.2 Å². The lowest BCUT2D eigenvalue weighted by Crippen LogP contribution is -2.40. The predicted molar refractivity (Wildman–Crippen MR) is 200 cm³/mol. The van der Waals surface area contributed by atoms with Crippen LogP contribution in [0.1, 0.15) is 87.2 Å². The van der Waals surface area contributed by atoms with Crippen molar-refractivity contribution < 1.29 is 45.0 Å². The molecular formula is C39H51F4N7O6S. The number of carbonyl (C=O) groups excluding carboxylic acids is 2. The lowest BCUT2D eigenvalue weighted by Gasteiger charge is -2.36. The van der Waals surface area contributed by atoms with E-state index < -0.39 is 32.5 Å². The molecule has 2 aromatic rings. The van der Waals surface area contributed by atoms with Crippen LogP contribution in [0.25, 0.3) is 0 Å². The number of ether oxygens (including phenoxy) is 2. The van der Waals surface area contributed by atoms with Crippen LogP contribution in [0.4, 0.5) is 35.1 Å². The van der Waals surface area contributed by atoms with Gasteiger partial charge in [-0.05, 0) is 87.4 Å².